The van der Waals surface area contributed by atoms with Crippen molar-refractivity contribution in [3.05, 3.63) is 11.8 Å². The smallest absolute Gasteiger partial charge is 0.224 e. The zero-order chi connectivity index (χ0) is 17.3. The van der Waals surface area contributed by atoms with Crippen LogP contribution in [-0.2, 0) is 9.59 Å². The van der Waals surface area contributed by atoms with E-state index in [1.165, 1.54) is 0 Å². The minimum atomic E-state index is -0.389. The molecule has 4 unspecified atom stereocenters. The molecule has 2 saturated carbocycles. The number of Topliss-reactive ketones (excluding diaryl/α,β-unsaturated/α-hetero) is 1. The van der Waals surface area contributed by atoms with Gasteiger partial charge in [0.2, 0.25) is 5.91 Å². The molecule has 1 aliphatic heterocycles. The van der Waals surface area contributed by atoms with Crippen molar-refractivity contribution in [1.82, 2.24) is 5.32 Å². The van der Waals surface area contributed by atoms with Crippen molar-refractivity contribution in [3.63, 3.8) is 0 Å². The fourth-order valence-electron chi connectivity index (χ4n) is 7.00. The fourth-order valence-corrected chi connectivity index (χ4v) is 7.00. The second-order valence-corrected chi connectivity index (χ2v) is 9.13. The van der Waals surface area contributed by atoms with Gasteiger partial charge in [0, 0.05) is 23.5 Å². The van der Waals surface area contributed by atoms with Gasteiger partial charge in [-0.2, -0.15) is 0 Å². The average molecular weight is 331 g/mol. The molecule has 4 nitrogen and oxygen atoms in total. The van der Waals surface area contributed by atoms with E-state index in [2.05, 4.69) is 25.2 Å². The van der Waals surface area contributed by atoms with Crippen LogP contribution in [0.3, 0.4) is 0 Å². The molecule has 4 heteroatoms. The van der Waals surface area contributed by atoms with E-state index >= 15 is 0 Å². The number of piperidine rings is 1. The van der Waals surface area contributed by atoms with Crippen LogP contribution in [0.1, 0.15) is 59.3 Å². The van der Waals surface area contributed by atoms with Gasteiger partial charge in [0.15, 0.2) is 0 Å². The van der Waals surface area contributed by atoms with Gasteiger partial charge in [-0.25, -0.2) is 0 Å². The lowest BCUT2D eigenvalue weighted by Gasteiger charge is -2.58. The standard InChI is InChI=1S/C20H29NO3/c1-11(22)13-5-6-14-12-4-7-16-19(2,9-8-17(24)21-16)18(12)15(23)10-20(13,14)3/h7,12-15,18,23H,4-6,8-10H2,1-3H3,(H,21,24)/t12?,13-,14?,15?,18?,19+,20-/m1/s1. The summed E-state index contributed by atoms with van der Waals surface area (Å²) in [7, 11) is 0. The van der Waals surface area contributed by atoms with E-state index in [0.717, 1.165) is 37.8 Å². The number of rotatable bonds is 1. The zero-order valence-electron chi connectivity index (χ0n) is 15.0. The van der Waals surface area contributed by atoms with Gasteiger partial charge < -0.3 is 10.4 Å². The lowest BCUT2D eigenvalue weighted by atomic mass is 9.48. The van der Waals surface area contributed by atoms with Crippen molar-refractivity contribution >= 4 is 11.7 Å². The third-order valence-corrected chi connectivity index (χ3v) is 8.03. The van der Waals surface area contributed by atoms with Crippen molar-refractivity contribution in [2.75, 3.05) is 0 Å². The Kier molecular flexibility index (Phi) is 3.51. The summed E-state index contributed by atoms with van der Waals surface area (Å²) >= 11 is 0. The van der Waals surface area contributed by atoms with E-state index in [0.29, 0.717) is 18.3 Å². The highest BCUT2D eigenvalue weighted by Crippen LogP contribution is 2.65. The van der Waals surface area contributed by atoms with Crippen molar-refractivity contribution in [2.24, 2.45) is 34.5 Å². The first-order valence-corrected chi connectivity index (χ1v) is 9.46. The lowest BCUT2D eigenvalue weighted by molar-refractivity contribution is -0.143. The molecule has 3 fully saturated rings. The summed E-state index contributed by atoms with van der Waals surface area (Å²) in [6.45, 7) is 6.17. The predicted molar refractivity (Wildman–Crippen MR) is 90.8 cm³/mol. The number of carbonyl (C=O) groups is 2. The van der Waals surface area contributed by atoms with Gasteiger partial charge in [0.25, 0.3) is 0 Å². The fraction of sp³-hybridized carbons (Fsp3) is 0.800. The summed E-state index contributed by atoms with van der Waals surface area (Å²) < 4.78 is 0. The number of hydrogen-bond donors (Lipinski definition) is 2. The Bertz CT molecular complexity index is 626. The highest BCUT2D eigenvalue weighted by atomic mass is 16.3. The SMILES string of the molecule is CC(=O)[C@H]1CCC2C3CC=C4NC(=O)CC[C@]4(C)C3C(O)C[C@@]21C. The number of amides is 1. The molecule has 7 atom stereocenters. The Balaban J connectivity index is 1.73. The molecule has 1 amide bonds. The first-order valence-electron chi connectivity index (χ1n) is 9.46. The van der Waals surface area contributed by atoms with Gasteiger partial charge in [-0.05, 0) is 62.2 Å². The minimum Gasteiger partial charge on any atom is -0.393 e. The molecule has 132 valence electrons. The quantitative estimate of drug-likeness (QED) is 0.776. The summed E-state index contributed by atoms with van der Waals surface area (Å²) in [5, 5.41) is 14.2. The van der Waals surface area contributed by atoms with Crippen LogP contribution in [0.2, 0.25) is 0 Å². The van der Waals surface area contributed by atoms with Crippen LogP contribution in [0.5, 0.6) is 0 Å². The molecule has 1 saturated heterocycles. The maximum Gasteiger partial charge on any atom is 0.224 e. The van der Waals surface area contributed by atoms with Crippen LogP contribution in [0.4, 0.5) is 0 Å². The van der Waals surface area contributed by atoms with Gasteiger partial charge in [-0.3, -0.25) is 9.59 Å². The second-order valence-electron chi connectivity index (χ2n) is 9.13. The number of fused-ring (bicyclic) bond motifs is 5. The van der Waals surface area contributed by atoms with E-state index in [1.807, 2.05) is 0 Å². The van der Waals surface area contributed by atoms with Gasteiger partial charge >= 0.3 is 0 Å². The number of aliphatic hydroxyl groups is 1. The number of nitrogens with one attached hydrogen (secondary N) is 1. The summed E-state index contributed by atoms with van der Waals surface area (Å²) in [5.41, 5.74) is 0.835. The molecule has 4 rings (SSSR count). The maximum atomic E-state index is 12.2. The molecule has 1 heterocycles. The number of carbonyl (C=O) groups excluding carboxylic acids is 2. The molecule has 24 heavy (non-hydrogen) atoms. The molecule has 0 spiro atoms. The van der Waals surface area contributed by atoms with Crippen LogP contribution in [0.15, 0.2) is 11.8 Å². The van der Waals surface area contributed by atoms with E-state index in [1.54, 1.807) is 6.92 Å². The zero-order valence-corrected chi connectivity index (χ0v) is 15.0. The molecule has 3 aliphatic carbocycles. The molecule has 0 radical (unpaired) electrons. The first kappa shape index (κ1) is 16.3. The Labute approximate surface area is 144 Å². The van der Waals surface area contributed by atoms with E-state index < -0.39 is 0 Å². The summed E-state index contributed by atoms with van der Waals surface area (Å²) in [5.74, 6) is 1.61. The highest BCUT2D eigenvalue weighted by Gasteiger charge is 2.62. The van der Waals surface area contributed by atoms with Gasteiger partial charge in [0.05, 0.1) is 6.10 Å². The van der Waals surface area contributed by atoms with Crippen molar-refractivity contribution in [3.8, 4) is 0 Å². The average Bonchev–Trinajstić information content (AvgIpc) is 2.84. The minimum absolute atomic E-state index is 0.0635. The molecule has 4 aliphatic rings. The van der Waals surface area contributed by atoms with Gasteiger partial charge in [0.1, 0.15) is 5.78 Å². The van der Waals surface area contributed by atoms with Crippen molar-refractivity contribution in [1.29, 1.82) is 0 Å². The Morgan fingerprint density at radius 3 is 2.79 bits per heavy atom. The van der Waals surface area contributed by atoms with Gasteiger partial charge in [-0.1, -0.05) is 19.9 Å². The van der Waals surface area contributed by atoms with E-state index in [9.17, 15) is 14.7 Å². The van der Waals surface area contributed by atoms with Crippen molar-refractivity contribution < 1.29 is 14.7 Å². The van der Waals surface area contributed by atoms with Gasteiger partial charge in [-0.15, -0.1) is 0 Å². The lowest BCUT2D eigenvalue weighted by Crippen LogP contribution is -2.58. The molecule has 2 N–H and O–H groups in total. The van der Waals surface area contributed by atoms with E-state index in [-0.39, 0.29) is 40.5 Å². The molecule has 0 aromatic carbocycles. The molecular formula is C20H29NO3. The Morgan fingerprint density at radius 2 is 2.08 bits per heavy atom. The Morgan fingerprint density at radius 1 is 1.33 bits per heavy atom. The predicted octanol–water partition coefficient (Wildman–Crippen LogP) is 2.81. The number of ketones is 1. The highest BCUT2D eigenvalue weighted by molar-refractivity contribution is 5.80. The Hall–Kier alpha value is -1.16. The third kappa shape index (κ3) is 2.01. The van der Waals surface area contributed by atoms with Crippen LogP contribution in [0.25, 0.3) is 0 Å². The normalized spacial score (nSPS) is 50.2. The topological polar surface area (TPSA) is 66.4 Å². The monoisotopic (exact) mass is 331 g/mol. The van der Waals surface area contributed by atoms with Crippen LogP contribution >= 0.6 is 0 Å². The number of aliphatic hydroxyl groups excluding tert-OH is 1. The number of allylic oxidation sites excluding steroid dienone is 2. The summed E-state index contributed by atoms with van der Waals surface area (Å²) in [6, 6.07) is 0. The van der Waals surface area contributed by atoms with Crippen LogP contribution in [-0.4, -0.2) is 22.9 Å². The number of hydrogen-bond acceptors (Lipinski definition) is 3. The third-order valence-electron chi connectivity index (χ3n) is 8.03. The molecule has 0 aromatic rings. The molecule has 0 aromatic heterocycles. The van der Waals surface area contributed by atoms with Crippen LogP contribution < -0.4 is 5.32 Å². The maximum absolute atomic E-state index is 12.2. The first-order chi connectivity index (χ1) is 11.3. The largest absolute Gasteiger partial charge is 0.393 e. The molecular weight excluding hydrogens is 302 g/mol. The van der Waals surface area contributed by atoms with Crippen LogP contribution in [0, 0.1) is 34.5 Å². The summed E-state index contributed by atoms with van der Waals surface area (Å²) in [6.07, 6.45) is 6.89. The molecule has 0 bridgehead atoms. The summed E-state index contributed by atoms with van der Waals surface area (Å²) in [4.78, 5) is 24.0. The van der Waals surface area contributed by atoms with E-state index in [4.69, 9.17) is 0 Å². The second kappa shape index (κ2) is 5.17. The van der Waals surface area contributed by atoms with Crippen molar-refractivity contribution in [2.45, 2.75) is 65.4 Å².